The van der Waals surface area contributed by atoms with Gasteiger partial charge in [-0.1, -0.05) is 24.8 Å². The summed E-state index contributed by atoms with van der Waals surface area (Å²) in [4.78, 5) is 15.7. The van der Waals surface area contributed by atoms with Crippen molar-refractivity contribution in [2.75, 3.05) is 6.54 Å². The van der Waals surface area contributed by atoms with Crippen LogP contribution in [0.15, 0.2) is 34.5 Å². The first-order valence-electron chi connectivity index (χ1n) is 6.18. The lowest BCUT2D eigenvalue weighted by Crippen LogP contribution is -2.18. The van der Waals surface area contributed by atoms with Gasteiger partial charge in [0.25, 0.3) is 0 Å². The average molecular weight is 279 g/mol. The summed E-state index contributed by atoms with van der Waals surface area (Å²) in [5.41, 5.74) is 6.67. The van der Waals surface area contributed by atoms with Gasteiger partial charge in [0.15, 0.2) is 5.16 Å². The fourth-order valence-corrected chi connectivity index (χ4v) is 2.79. The number of nitrogens with zero attached hydrogens (tertiary/aromatic N) is 3. The first-order chi connectivity index (χ1) is 9.26. The average Bonchev–Trinajstić information content (AvgIpc) is 2.79. The van der Waals surface area contributed by atoms with E-state index in [0.29, 0.717) is 18.2 Å². The molecule has 0 aliphatic heterocycles. The summed E-state index contributed by atoms with van der Waals surface area (Å²) in [5.74, 6) is 0. The molecule has 2 heterocycles. The number of hydrogen-bond acceptors (Lipinski definition) is 5. The molecule has 1 atom stereocenters. The summed E-state index contributed by atoms with van der Waals surface area (Å²) in [6.07, 6.45) is 4.40. The van der Waals surface area contributed by atoms with E-state index in [2.05, 4.69) is 15.2 Å². The Labute approximate surface area is 115 Å². The molecule has 2 aromatic rings. The van der Waals surface area contributed by atoms with Crippen LogP contribution in [0.25, 0.3) is 0 Å². The minimum absolute atomic E-state index is 0.0412. The first kappa shape index (κ1) is 13.8. The maximum Gasteiger partial charge on any atom is 0.343 e. The number of nitrogens with one attached hydrogen (secondary N) is 1. The van der Waals surface area contributed by atoms with E-state index in [1.54, 1.807) is 17.0 Å². The standard InChI is InChI=1S/C12H17N5OS/c1-2-6-17-11(18)15-16-12(17)19-10(7-13)9-4-3-5-14-8-9/h3-5,8,10H,2,6-7,13H2,1H3,(H,15,18). The molecule has 0 aliphatic carbocycles. The Balaban J connectivity index is 2.22. The summed E-state index contributed by atoms with van der Waals surface area (Å²) in [7, 11) is 0. The zero-order chi connectivity index (χ0) is 13.7. The van der Waals surface area contributed by atoms with Gasteiger partial charge in [0, 0.05) is 25.5 Å². The minimum atomic E-state index is -0.175. The molecule has 3 N–H and O–H groups in total. The predicted molar refractivity (Wildman–Crippen MR) is 75.0 cm³/mol. The molecular formula is C12H17N5OS. The highest BCUT2D eigenvalue weighted by Gasteiger charge is 2.16. The third-order valence-electron chi connectivity index (χ3n) is 2.69. The van der Waals surface area contributed by atoms with Crippen LogP contribution in [0.3, 0.4) is 0 Å². The van der Waals surface area contributed by atoms with E-state index in [1.807, 2.05) is 19.1 Å². The number of aromatic amines is 1. The Bertz CT molecular complexity index is 565. The molecule has 0 fully saturated rings. The molecule has 1 unspecified atom stereocenters. The molecule has 102 valence electrons. The van der Waals surface area contributed by atoms with Crippen LogP contribution < -0.4 is 11.4 Å². The van der Waals surface area contributed by atoms with E-state index in [0.717, 1.165) is 12.0 Å². The molecule has 2 rings (SSSR count). The summed E-state index contributed by atoms with van der Waals surface area (Å²) < 4.78 is 1.64. The monoisotopic (exact) mass is 279 g/mol. The topological polar surface area (TPSA) is 89.6 Å². The molecule has 0 saturated carbocycles. The Hall–Kier alpha value is -1.60. The lowest BCUT2D eigenvalue weighted by molar-refractivity contribution is 0.602. The first-order valence-corrected chi connectivity index (χ1v) is 7.06. The van der Waals surface area contributed by atoms with Crippen molar-refractivity contribution >= 4 is 11.8 Å². The third-order valence-corrected chi connectivity index (χ3v) is 3.96. The Morgan fingerprint density at radius 1 is 1.58 bits per heavy atom. The fourth-order valence-electron chi connectivity index (χ4n) is 1.76. The van der Waals surface area contributed by atoms with Gasteiger partial charge in [-0.3, -0.25) is 9.55 Å². The van der Waals surface area contributed by atoms with E-state index in [4.69, 9.17) is 5.73 Å². The van der Waals surface area contributed by atoms with Gasteiger partial charge >= 0.3 is 5.69 Å². The maximum atomic E-state index is 11.6. The largest absolute Gasteiger partial charge is 0.343 e. The zero-order valence-corrected chi connectivity index (χ0v) is 11.6. The van der Waals surface area contributed by atoms with Crippen molar-refractivity contribution in [3.63, 3.8) is 0 Å². The molecule has 2 aromatic heterocycles. The Morgan fingerprint density at radius 3 is 3.05 bits per heavy atom. The van der Waals surface area contributed by atoms with Crippen LogP contribution in [0.5, 0.6) is 0 Å². The number of H-pyrrole nitrogens is 1. The Kier molecular flexibility index (Phi) is 4.75. The number of nitrogens with two attached hydrogens (primary N) is 1. The van der Waals surface area contributed by atoms with Crippen molar-refractivity contribution in [1.29, 1.82) is 0 Å². The Morgan fingerprint density at radius 2 is 2.42 bits per heavy atom. The SMILES string of the molecule is CCCn1c(SC(CN)c2cccnc2)n[nH]c1=O. The highest BCUT2D eigenvalue weighted by molar-refractivity contribution is 7.99. The summed E-state index contributed by atoms with van der Waals surface area (Å²) in [6.45, 7) is 3.14. The van der Waals surface area contributed by atoms with E-state index >= 15 is 0 Å². The van der Waals surface area contributed by atoms with Gasteiger partial charge in [0.05, 0.1) is 5.25 Å². The molecule has 0 radical (unpaired) electrons. The molecule has 19 heavy (non-hydrogen) atoms. The van der Waals surface area contributed by atoms with E-state index in [1.165, 1.54) is 11.8 Å². The van der Waals surface area contributed by atoms with Gasteiger partial charge in [0.1, 0.15) is 0 Å². The van der Waals surface area contributed by atoms with Gasteiger partial charge in [-0.05, 0) is 18.1 Å². The number of pyridine rings is 1. The molecule has 0 spiro atoms. The van der Waals surface area contributed by atoms with Crippen LogP contribution in [-0.2, 0) is 6.54 Å². The third kappa shape index (κ3) is 3.24. The smallest absolute Gasteiger partial charge is 0.329 e. The maximum absolute atomic E-state index is 11.6. The predicted octanol–water partition coefficient (Wildman–Crippen LogP) is 1.17. The summed E-state index contributed by atoms with van der Waals surface area (Å²) >= 11 is 1.48. The molecule has 0 aromatic carbocycles. The highest BCUT2D eigenvalue weighted by atomic mass is 32.2. The molecule has 6 nitrogen and oxygen atoms in total. The van der Waals surface area contributed by atoms with Crippen molar-refractivity contribution < 1.29 is 0 Å². The van der Waals surface area contributed by atoms with Gasteiger partial charge in [-0.15, -0.1) is 5.10 Å². The molecular weight excluding hydrogens is 262 g/mol. The second-order valence-electron chi connectivity index (χ2n) is 4.09. The number of rotatable bonds is 6. The molecule has 0 aliphatic rings. The van der Waals surface area contributed by atoms with Crippen LogP contribution in [0.1, 0.15) is 24.2 Å². The second-order valence-corrected chi connectivity index (χ2v) is 5.26. The van der Waals surface area contributed by atoms with Crippen LogP contribution in [-0.4, -0.2) is 26.3 Å². The number of aromatic nitrogens is 4. The summed E-state index contributed by atoms with van der Waals surface area (Å²) in [6, 6.07) is 3.86. The number of hydrogen-bond donors (Lipinski definition) is 2. The quantitative estimate of drug-likeness (QED) is 0.775. The van der Waals surface area contributed by atoms with E-state index in [-0.39, 0.29) is 10.9 Å². The van der Waals surface area contributed by atoms with E-state index < -0.39 is 0 Å². The van der Waals surface area contributed by atoms with Gasteiger partial charge in [0.2, 0.25) is 0 Å². The minimum Gasteiger partial charge on any atom is -0.329 e. The number of thioether (sulfide) groups is 1. The van der Waals surface area contributed by atoms with Gasteiger partial charge < -0.3 is 5.73 Å². The van der Waals surface area contributed by atoms with Crippen molar-refractivity contribution in [2.45, 2.75) is 30.3 Å². The second kappa shape index (κ2) is 6.53. The van der Waals surface area contributed by atoms with Crippen molar-refractivity contribution in [3.05, 3.63) is 40.6 Å². The molecule has 0 saturated heterocycles. The van der Waals surface area contributed by atoms with Gasteiger partial charge in [-0.2, -0.15) is 0 Å². The van der Waals surface area contributed by atoms with Crippen LogP contribution in [0, 0.1) is 0 Å². The molecule has 7 heteroatoms. The highest BCUT2D eigenvalue weighted by Crippen LogP contribution is 2.32. The lowest BCUT2D eigenvalue weighted by Gasteiger charge is -2.13. The van der Waals surface area contributed by atoms with Gasteiger partial charge in [-0.25, -0.2) is 9.89 Å². The van der Waals surface area contributed by atoms with Crippen molar-refractivity contribution in [1.82, 2.24) is 19.7 Å². The molecule has 0 amide bonds. The van der Waals surface area contributed by atoms with Crippen molar-refractivity contribution in [3.8, 4) is 0 Å². The van der Waals surface area contributed by atoms with Crippen molar-refractivity contribution in [2.24, 2.45) is 5.73 Å². The zero-order valence-electron chi connectivity index (χ0n) is 10.7. The fraction of sp³-hybridized carbons (Fsp3) is 0.417. The van der Waals surface area contributed by atoms with Crippen LogP contribution in [0.4, 0.5) is 0 Å². The van der Waals surface area contributed by atoms with Crippen LogP contribution in [0.2, 0.25) is 0 Å². The molecule has 0 bridgehead atoms. The van der Waals surface area contributed by atoms with Crippen LogP contribution >= 0.6 is 11.8 Å². The normalized spacial score (nSPS) is 12.5. The van der Waals surface area contributed by atoms with E-state index in [9.17, 15) is 4.79 Å². The summed E-state index contributed by atoms with van der Waals surface area (Å²) in [5, 5.41) is 7.26. The lowest BCUT2D eigenvalue weighted by atomic mass is 10.2.